The normalized spacial score (nSPS) is 21.2. The molecule has 0 aromatic heterocycles. The van der Waals surface area contributed by atoms with Crippen LogP contribution in [0.3, 0.4) is 0 Å². The second kappa shape index (κ2) is 11.3. The van der Waals surface area contributed by atoms with Crippen LogP contribution in [0.25, 0.3) is 0 Å². The summed E-state index contributed by atoms with van der Waals surface area (Å²) in [4.78, 5) is 14.6. The summed E-state index contributed by atoms with van der Waals surface area (Å²) in [5.41, 5.74) is 2.90. The van der Waals surface area contributed by atoms with E-state index in [0.717, 1.165) is 44.1 Å². The lowest BCUT2D eigenvalue weighted by molar-refractivity contribution is -0.121. The van der Waals surface area contributed by atoms with Crippen molar-refractivity contribution in [2.24, 2.45) is 0 Å². The van der Waals surface area contributed by atoms with E-state index < -0.39 is 0 Å². The standard InChI is InChI=1S/C18H27N3OS.2ClH/c1-14(11-20-18(22)10-17-13-23-9-7-19-17)21-8-6-15-4-2-3-5-16(15)12-21;;/h2-5,14,17,19H,6-13H2,1H3,(H,20,22);2*1H. The van der Waals surface area contributed by atoms with Crippen LogP contribution in [0.1, 0.15) is 24.5 Å². The number of hydrogen-bond donors (Lipinski definition) is 2. The van der Waals surface area contributed by atoms with Crippen molar-refractivity contribution in [1.29, 1.82) is 0 Å². The quantitative estimate of drug-likeness (QED) is 0.789. The molecular weight excluding hydrogens is 377 g/mol. The molecule has 2 aliphatic heterocycles. The van der Waals surface area contributed by atoms with Crippen molar-refractivity contribution in [3.05, 3.63) is 35.4 Å². The van der Waals surface area contributed by atoms with Crippen molar-refractivity contribution < 1.29 is 4.79 Å². The Labute approximate surface area is 167 Å². The Morgan fingerprint density at radius 2 is 2.12 bits per heavy atom. The van der Waals surface area contributed by atoms with Crippen LogP contribution in [0, 0.1) is 0 Å². The lowest BCUT2D eigenvalue weighted by Gasteiger charge is -2.34. The van der Waals surface area contributed by atoms with Gasteiger partial charge in [-0.25, -0.2) is 0 Å². The molecule has 0 spiro atoms. The molecule has 2 unspecified atom stereocenters. The number of fused-ring (bicyclic) bond motifs is 1. The lowest BCUT2D eigenvalue weighted by Crippen LogP contribution is -2.46. The minimum atomic E-state index is 0. The van der Waals surface area contributed by atoms with E-state index >= 15 is 0 Å². The summed E-state index contributed by atoms with van der Waals surface area (Å²) in [5, 5.41) is 6.54. The summed E-state index contributed by atoms with van der Waals surface area (Å²) in [6.07, 6.45) is 1.71. The van der Waals surface area contributed by atoms with E-state index in [2.05, 4.69) is 46.7 Å². The van der Waals surface area contributed by atoms with Gasteiger partial charge < -0.3 is 10.6 Å². The average Bonchev–Trinajstić information content (AvgIpc) is 2.60. The monoisotopic (exact) mass is 405 g/mol. The number of rotatable bonds is 5. The number of amides is 1. The lowest BCUT2D eigenvalue weighted by atomic mass is 9.99. The third kappa shape index (κ3) is 6.65. The third-order valence-electron chi connectivity index (χ3n) is 4.81. The number of nitrogens with one attached hydrogen (secondary N) is 2. The predicted molar refractivity (Wildman–Crippen MR) is 111 cm³/mol. The number of thioether (sulfide) groups is 1. The highest BCUT2D eigenvalue weighted by molar-refractivity contribution is 7.99. The van der Waals surface area contributed by atoms with E-state index in [1.54, 1.807) is 0 Å². The van der Waals surface area contributed by atoms with E-state index in [9.17, 15) is 4.79 Å². The van der Waals surface area contributed by atoms with Gasteiger partial charge in [-0.3, -0.25) is 9.69 Å². The summed E-state index contributed by atoms with van der Waals surface area (Å²) < 4.78 is 0. The minimum Gasteiger partial charge on any atom is -0.354 e. The fourth-order valence-corrected chi connectivity index (χ4v) is 4.28. The van der Waals surface area contributed by atoms with Crippen molar-refractivity contribution in [2.45, 2.75) is 38.4 Å². The number of nitrogens with zero attached hydrogens (tertiary/aromatic N) is 1. The molecule has 25 heavy (non-hydrogen) atoms. The summed E-state index contributed by atoms with van der Waals surface area (Å²) >= 11 is 1.93. The fourth-order valence-electron chi connectivity index (χ4n) is 3.33. The number of hydrogen-bond acceptors (Lipinski definition) is 4. The molecule has 0 radical (unpaired) electrons. The van der Waals surface area contributed by atoms with Gasteiger partial charge in [0.25, 0.3) is 0 Å². The van der Waals surface area contributed by atoms with E-state index in [1.165, 1.54) is 11.1 Å². The Morgan fingerprint density at radius 1 is 1.36 bits per heavy atom. The van der Waals surface area contributed by atoms with E-state index in [0.29, 0.717) is 18.5 Å². The van der Waals surface area contributed by atoms with E-state index in [-0.39, 0.29) is 30.7 Å². The molecule has 2 N–H and O–H groups in total. The summed E-state index contributed by atoms with van der Waals surface area (Å²) in [5.74, 6) is 2.38. The molecule has 0 saturated carbocycles. The van der Waals surface area contributed by atoms with Gasteiger partial charge >= 0.3 is 0 Å². The summed E-state index contributed by atoms with van der Waals surface area (Å²) in [6, 6.07) is 9.40. The van der Waals surface area contributed by atoms with Crippen LogP contribution in [0.4, 0.5) is 0 Å². The fraction of sp³-hybridized carbons (Fsp3) is 0.611. The average molecular weight is 406 g/mol. The van der Waals surface area contributed by atoms with Crippen LogP contribution in [0.15, 0.2) is 24.3 Å². The third-order valence-corrected chi connectivity index (χ3v) is 5.94. The zero-order valence-corrected chi connectivity index (χ0v) is 17.2. The van der Waals surface area contributed by atoms with Gasteiger partial charge in [0, 0.05) is 56.2 Å². The molecular formula is C18H29Cl2N3OS. The molecule has 2 heterocycles. The highest BCUT2D eigenvalue weighted by Gasteiger charge is 2.21. The first kappa shape index (κ1) is 22.6. The van der Waals surface area contributed by atoms with Crippen molar-refractivity contribution >= 4 is 42.5 Å². The first-order valence-electron chi connectivity index (χ1n) is 8.61. The van der Waals surface area contributed by atoms with Gasteiger partial charge in [0.1, 0.15) is 0 Å². The minimum absolute atomic E-state index is 0. The first-order valence-corrected chi connectivity index (χ1v) is 9.76. The van der Waals surface area contributed by atoms with Gasteiger partial charge in [0.05, 0.1) is 0 Å². The maximum Gasteiger partial charge on any atom is 0.221 e. The maximum atomic E-state index is 12.1. The van der Waals surface area contributed by atoms with Crippen molar-refractivity contribution in [3.8, 4) is 0 Å². The van der Waals surface area contributed by atoms with E-state index in [1.807, 2.05) is 11.8 Å². The first-order chi connectivity index (χ1) is 11.2. The van der Waals surface area contributed by atoms with Crippen LogP contribution < -0.4 is 10.6 Å². The Balaban J connectivity index is 0.00000156. The molecule has 3 rings (SSSR count). The Hall–Kier alpha value is -0.460. The Bertz CT molecular complexity index is 541. The highest BCUT2D eigenvalue weighted by atomic mass is 35.5. The van der Waals surface area contributed by atoms with Crippen molar-refractivity contribution in [3.63, 3.8) is 0 Å². The predicted octanol–water partition coefficient (Wildman–Crippen LogP) is 2.49. The molecule has 0 bridgehead atoms. The van der Waals surface area contributed by atoms with Crippen molar-refractivity contribution in [1.82, 2.24) is 15.5 Å². The molecule has 0 aliphatic carbocycles. The smallest absolute Gasteiger partial charge is 0.221 e. The molecule has 7 heteroatoms. The van der Waals surface area contributed by atoms with Gasteiger partial charge in [0.15, 0.2) is 0 Å². The second-order valence-corrected chi connectivity index (χ2v) is 7.72. The van der Waals surface area contributed by atoms with Crippen molar-refractivity contribution in [2.75, 3.05) is 31.1 Å². The van der Waals surface area contributed by atoms with E-state index in [4.69, 9.17) is 0 Å². The summed E-state index contributed by atoms with van der Waals surface area (Å²) in [6.45, 7) is 6.04. The van der Waals surface area contributed by atoms with Gasteiger partial charge in [-0.2, -0.15) is 11.8 Å². The molecule has 142 valence electrons. The number of halogens is 2. The molecule has 2 aliphatic rings. The Kier molecular flexibility index (Phi) is 10.2. The van der Waals surface area contributed by atoms with Gasteiger partial charge in [-0.1, -0.05) is 24.3 Å². The van der Waals surface area contributed by atoms with Crippen LogP contribution in [0.5, 0.6) is 0 Å². The zero-order chi connectivity index (χ0) is 16.1. The molecule has 1 aromatic rings. The molecule has 2 atom stereocenters. The van der Waals surface area contributed by atoms with Crippen LogP contribution in [-0.4, -0.2) is 54.0 Å². The molecule has 1 fully saturated rings. The molecule has 1 amide bonds. The second-order valence-electron chi connectivity index (χ2n) is 6.57. The number of benzene rings is 1. The topological polar surface area (TPSA) is 44.4 Å². The molecule has 4 nitrogen and oxygen atoms in total. The maximum absolute atomic E-state index is 12.1. The molecule has 1 aromatic carbocycles. The van der Waals surface area contributed by atoms with Gasteiger partial charge in [-0.05, 0) is 24.5 Å². The molecule has 1 saturated heterocycles. The van der Waals surface area contributed by atoms with Crippen LogP contribution >= 0.6 is 36.6 Å². The zero-order valence-electron chi connectivity index (χ0n) is 14.7. The largest absolute Gasteiger partial charge is 0.354 e. The number of carbonyl (C=O) groups is 1. The van der Waals surface area contributed by atoms with Crippen LogP contribution in [-0.2, 0) is 17.8 Å². The summed E-state index contributed by atoms with van der Waals surface area (Å²) in [7, 11) is 0. The SMILES string of the molecule is CC(CNC(=O)CC1CSCCN1)N1CCc2ccccc2C1.Cl.Cl. The Morgan fingerprint density at radius 3 is 2.84 bits per heavy atom. The van der Waals surface area contributed by atoms with Crippen LogP contribution in [0.2, 0.25) is 0 Å². The highest BCUT2D eigenvalue weighted by Crippen LogP contribution is 2.20. The van der Waals surface area contributed by atoms with Gasteiger partial charge in [-0.15, -0.1) is 24.8 Å². The van der Waals surface area contributed by atoms with Gasteiger partial charge in [0.2, 0.25) is 5.91 Å². The number of carbonyl (C=O) groups excluding carboxylic acids is 1.